The summed E-state index contributed by atoms with van der Waals surface area (Å²) in [5.41, 5.74) is 1.22. The van der Waals surface area contributed by atoms with Crippen molar-refractivity contribution >= 4 is 17.4 Å². The summed E-state index contributed by atoms with van der Waals surface area (Å²) in [6.07, 6.45) is 1.84. The number of fused-ring (bicyclic) bond motifs is 1. The second-order valence-corrected chi connectivity index (χ2v) is 5.34. The lowest BCUT2D eigenvalue weighted by Crippen LogP contribution is -2.35. The zero-order chi connectivity index (χ0) is 13.1. The highest BCUT2D eigenvalue weighted by atomic mass is 35.5. The fourth-order valence-corrected chi connectivity index (χ4v) is 2.60. The number of hydrogen-bond donors (Lipinski definition) is 2. The Hall–Kier alpha value is -1.52. The molecule has 5 heteroatoms. The summed E-state index contributed by atoms with van der Waals surface area (Å²) < 4.78 is 2.02. The molecule has 0 radical (unpaired) electrons. The van der Waals surface area contributed by atoms with Crippen LogP contribution in [0, 0.1) is 5.92 Å². The van der Waals surface area contributed by atoms with Gasteiger partial charge < -0.3 is 10.6 Å². The predicted molar refractivity (Wildman–Crippen MR) is 77.4 cm³/mol. The third-order valence-corrected chi connectivity index (χ3v) is 3.61. The molecule has 0 amide bonds. The van der Waals surface area contributed by atoms with Gasteiger partial charge in [0.05, 0.1) is 6.20 Å². The third kappa shape index (κ3) is 3.08. The molecule has 2 N–H and O–H groups in total. The van der Waals surface area contributed by atoms with Crippen molar-refractivity contribution in [2.24, 2.45) is 5.92 Å². The minimum atomic E-state index is 0.562. The molecule has 100 valence electrons. The highest BCUT2D eigenvalue weighted by molar-refractivity contribution is 6.30. The van der Waals surface area contributed by atoms with Crippen LogP contribution in [0.2, 0.25) is 5.02 Å². The molecule has 3 rings (SSSR count). The lowest BCUT2D eigenvalue weighted by molar-refractivity contribution is 0.391. The van der Waals surface area contributed by atoms with E-state index >= 15 is 0 Å². The summed E-state index contributed by atoms with van der Waals surface area (Å²) in [7, 11) is 0. The maximum Gasteiger partial charge on any atom is 0.124 e. The van der Waals surface area contributed by atoms with Crippen molar-refractivity contribution in [3.05, 3.63) is 47.1 Å². The average molecular weight is 277 g/mol. The number of benzene rings is 1. The minimum Gasteiger partial charge on any atom is -0.370 e. The summed E-state index contributed by atoms with van der Waals surface area (Å²) in [6.45, 7) is 3.79. The molecule has 0 fully saturated rings. The first-order valence-electron chi connectivity index (χ1n) is 6.52. The van der Waals surface area contributed by atoms with Crippen LogP contribution in [0.15, 0.2) is 36.5 Å². The molecule has 1 aromatic carbocycles. The zero-order valence-corrected chi connectivity index (χ0v) is 11.4. The maximum absolute atomic E-state index is 5.97. The fraction of sp³-hybridized carbons (Fsp3) is 0.357. The van der Waals surface area contributed by atoms with Crippen LogP contribution in [0.25, 0.3) is 0 Å². The predicted octanol–water partition coefficient (Wildman–Crippen LogP) is 2.37. The average Bonchev–Trinajstić information content (AvgIpc) is 2.86. The number of anilines is 1. The molecule has 0 saturated carbocycles. The van der Waals surface area contributed by atoms with Crippen LogP contribution in [-0.2, 0) is 13.1 Å². The Bertz CT molecular complexity index is 552. The Morgan fingerprint density at radius 1 is 1.42 bits per heavy atom. The largest absolute Gasteiger partial charge is 0.370 e. The normalized spacial score (nSPS) is 17.8. The molecule has 1 aliphatic heterocycles. The molecule has 0 bridgehead atoms. The summed E-state index contributed by atoms with van der Waals surface area (Å²) in [6, 6.07) is 9.98. The molecule has 1 aromatic heterocycles. The highest BCUT2D eigenvalue weighted by Gasteiger charge is 2.17. The van der Waals surface area contributed by atoms with Gasteiger partial charge in [-0.15, -0.1) is 0 Å². The number of halogens is 1. The van der Waals surface area contributed by atoms with E-state index in [9.17, 15) is 0 Å². The second-order valence-electron chi connectivity index (χ2n) is 4.91. The van der Waals surface area contributed by atoms with Gasteiger partial charge in [0.2, 0.25) is 0 Å². The molecule has 0 aliphatic carbocycles. The quantitative estimate of drug-likeness (QED) is 0.901. The van der Waals surface area contributed by atoms with Crippen molar-refractivity contribution in [3.63, 3.8) is 0 Å². The van der Waals surface area contributed by atoms with E-state index in [1.165, 1.54) is 5.56 Å². The molecule has 2 aromatic rings. The van der Waals surface area contributed by atoms with Crippen LogP contribution < -0.4 is 10.6 Å². The highest BCUT2D eigenvalue weighted by Crippen LogP contribution is 2.16. The van der Waals surface area contributed by atoms with Crippen molar-refractivity contribution in [2.45, 2.75) is 13.1 Å². The first-order chi connectivity index (χ1) is 9.31. The van der Waals surface area contributed by atoms with E-state index in [1.807, 2.05) is 35.1 Å². The van der Waals surface area contributed by atoms with E-state index in [4.69, 9.17) is 11.6 Å². The second kappa shape index (κ2) is 5.63. The van der Waals surface area contributed by atoms with E-state index in [0.29, 0.717) is 5.92 Å². The first-order valence-corrected chi connectivity index (χ1v) is 6.90. The minimum absolute atomic E-state index is 0.562. The topological polar surface area (TPSA) is 41.9 Å². The van der Waals surface area contributed by atoms with Gasteiger partial charge in [0, 0.05) is 43.2 Å². The molecule has 19 heavy (non-hydrogen) atoms. The third-order valence-electron chi connectivity index (χ3n) is 3.37. The van der Waals surface area contributed by atoms with E-state index in [1.54, 1.807) is 0 Å². The Labute approximate surface area is 117 Å². The molecule has 4 nitrogen and oxygen atoms in total. The molecular formula is C14H17ClN4. The number of nitrogens with zero attached hydrogens (tertiary/aromatic N) is 2. The summed E-state index contributed by atoms with van der Waals surface area (Å²) in [5, 5.41) is 12.0. The van der Waals surface area contributed by atoms with Crippen molar-refractivity contribution < 1.29 is 0 Å². The van der Waals surface area contributed by atoms with Crippen molar-refractivity contribution in [3.8, 4) is 0 Å². The monoisotopic (exact) mass is 276 g/mol. The van der Waals surface area contributed by atoms with Crippen LogP contribution >= 0.6 is 11.6 Å². The molecule has 1 atom stereocenters. The van der Waals surface area contributed by atoms with Gasteiger partial charge in [0.25, 0.3) is 0 Å². The standard InChI is InChI=1S/C14H17ClN4/c15-13-3-1-2-11(6-13)7-16-8-12-9-17-14-4-5-18-19(14)10-12/h1-6,12,16-17H,7-10H2/t12-/m1/s1. The first kappa shape index (κ1) is 12.5. The Morgan fingerprint density at radius 2 is 2.37 bits per heavy atom. The van der Waals surface area contributed by atoms with Crippen molar-refractivity contribution in [1.29, 1.82) is 0 Å². The molecule has 0 spiro atoms. The van der Waals surface area contributed by atoms with E-state index in [-0.39, 0.29) is 0 Å². The van der Waals surface area contributed by atoms with Gasteiger partial charge in [-0.05, 0) is 17.7 Å². The molecule has 0 unspecified atom stereocenters. The number of aromatic nitrogens is 2. The van der Waals surface area contributed by atoms with E-state index in [2.05, 4.69) is 21.8 Å². The lowest BCUT2D eigenvalue weighted by Gasteiger charge is -2.25. The van der Waals surface area contributed by atoms with Gasteiger partial charge in [-0.25, -0.2) is 4.68 Å². The smallest absolute Gasteiger partial charge is 0.124 e. The van der Waals surface area contributed by atoms with E-state index in [0.717, 1.165) is 37.0 Å². The Morgan fingerprint density at radius 3 is 3.26 bits per heavy atom. The van der Waals surface area contributed by atoms with Gasteiger partial charge in [-0.2, -0.15) is 5.10 Å². The Kier molecular flexibility index (Phi) is 3.71. The molecule has 2 heterocycles. The summed E-state index contributed by atoms with van der Waals surface area (Å²) in [5.74, 6) is 1.68. The maximum atomic E-state index is 5.97. The van der Waals surface area contributed by atoms with Gasteiger partial charge >= 0.3 is 0 Å². The molecule has 0 saturated heterocycles. The lowest BCUT2D eigenvalue weighted by atomic mass is 10.1. The SMILES string of the molecule is Clc1cccc(CNC[C@@H]2CNc3ccnn3C2)c1. The van der Waals surface area contributed by atoms with Crippen molar-refractivity contribution in [1.82, 2.24) is 15.1 Å². The Balaban J connectivity index is 1.49. The van der Waals surface area contributed by atoms with Crippen LogP contribution in [-0.4, -0.2) is 22.9 Å². The molecular weight excluding hydrogens is 260 g/mol. The number of nitrogens with one attached hydrogen (secondary N) is 2. The molecule has 1 aliphatic rings. The summed E-state index contributed by atoms with van der Waals surface area (Å²) in [4.78, 5) is 0. The van der Waals surface area contributed by atoms with Gasteiger partial charge in [0.15, 0.2) is 0 Å². The van der Waals surface area contributed by atoms with Crippen LogP contribution in [0.5, 0.6) is 0 Å². The van der Waals surface area contributed by atoms with Gasteiger partial charge in [-0.1, -0.05) is 23.7 Å². The number of hydrogen-bond acceptors (Lipinski definition) is 3. The fourth-order valence-electron chi connectivity index (χ4n) is 2.39. The van der Waals surface area contributed by atoms with Crippen LogP contribution in [0.3, 0.4) is 0 Å². The zero-order valence-electron chi connectivity index (χ0n) is 10.6. The van der Waals surface area contributed by atoms with Crippen molar-refractivity contribution in [2.75, 3.05) is 18.4 Å². The van der Waals surface area contributed by atoms with E-state index < -0.39 is 0 Å². The number of rotatable bonds is 4. The van der Waals surface area contributed by atoms with Gasteiger partial charge in [-0.3, -0.25) is 0 Å². The van der Waals surface area contributed by atoms with Gasteiger partial charge in [0.1, 0.15) is 5.82 Å². The summed E-state index contributed by atoms with van der Waals surface area (Å²) >= 11 is 5.97. The van der Waals surface area contributed by atoms with Crippen LogP contribution in [0.1, 0.15) is 5.56 Å². The van der Waals surface area contributed by atoms with Crippen LogP contribution in [0.4, 0.5) is 5.82 Å².